The van der Waals surface area contributed by atoms with Gasteiger partial charge in [-0.1, -0.05) is 0 Å². The summed E-state index contributed by atoms with van der Waals surface area (Å²) in [6, 6.07) is 6.09. The van der Waals surface area contributed by atoms with Crippen molar-refractivity contribution in [3.63, 3.8) is 0 Å². The number of ether oxygens (including phenoxy) is 2. The third-order valence-corrected chi connectivity index (χ3v) is 9.11. The molecule has 0 radical (unpaired) electrons. The molecule has 236 valence electrons. The molecule has 0 spiro atoms. The molecular formula is C30H33F3N10O2. The highest BCUT2D eigenvalue weighted by Gasteiger charge is 2.49. The second-order valence-corrected chi connectivity index (χ2v) is 12.0. The van der Waals surface area contributed by atoms with Crippen molar-refractivity contribution in [3.8, 4) is 23.2 Å². The fourth-order valence-corrected chi connectivity index (χ4v) is 6.70. The number of aromatic amines is 1. The highest BCUT2D eigenvalue weighted by atomic mass is 19.4. The van der Waals surface area contributed by atoms with Gasteiger partial charge in [-0.2, -0.15) is 28.5 Å². The molecule has 6 heterocycles. The molecule has 1 aliphatic carbocycles. The molecule has 0 unspecified atom stereocenters. The Labute approximate surface area is 257 Å². The number of fused-ring (bicyclic) bond motifs is 1. The number of nitrogens with one attached hydrogen (secondary N) is 1. The van der Waals surface area contributed by atoms with Crippen LogP contribution in [0.4, 0.5) is 13.2 Å². The summed E-state index contributed by atoms with van der Waals surface area (Å²) in [4.78, 5) is 23.7. The van der Waals surface area contributed by atoms with Crippen molar-refractivity contribution in [1.82, 2.24) is 44.5 Å². The number of rotatable bonds is 8. The minimum atomic E-state index is -4.67. The first-order valence-electron chi connectivity index (χ1n) is 15.2. The Bertz CT molecular complexity index is 1680. The molecule has 1 N–H and O–H groups in total. The molecule has 0 aromatic carbocycles. The first-order valence-corrected chi connectivity index (χ1v) is 15.2. The van der Waals surface area contributed by atoms with Gasteiger partial charge in [0.2, 0.25) is 11.7 Å². The number of hydrogen-bond donors (Lipinski definition) is 1. The van der Waals surface area contributed by atoms with Crippen molar-refractivity contribution in [2.45, 2.75) is 62.5 Å². The standard InChI is InChI=1S/C30H33F3N10O2/c31-30(32,33)28-39-21(18-41-9-11-44-12-10-41)13-25(40-28)45-23-2-7-42(8-3-23)22-14-29(15-22,4-5-34)43-17-20(16-38-43)26-24-1-6-35-27(24)37-19-36-26/h1,6,13,16-17,19,22-23H,2-4,7-12,14-15,18H2,(H,35,36,37)/t22-,29+. The Kier molecular flexibility index (Phi) is 7.88. The van der Waals surface area contributed by atoms with Crippen LogP contribution in [-0.2, 0) is 23.0 Å². The van der Waals surface area contributed by atoms with E-state index in [1.165, 1.54) is 12.4 Å². The lowest BCUT2D eigenvalue weighted by atomic mass is 9.69. The maximum Gasteiger partial charge on any atom is 0.451 e. The highest BCUT2D eigenvalue weighted by Crippen LogP contribution is 2.45. The van der Waals surface area contributed by atoms with Gasteiger partial charge in [0.25, 0.3) is 0 Å². The lowest BCUT2D eigenvalue weighted by Gasteiger charge is -2.52. The molecule has 1 saturated carbocycles. The summed E-state index contributed by atoms with van der Waals surface area (Å²) < 4.78 is 54.1. The molecule has 4 aromatic heterocycles. The number of H-pyrrole nitrogens is 1. The number of halogens is 3. The van der Waals surface area contributed by atoms with Crippen molar-refractivity contribution in [2.24, 2.45) is 0 Å². The van der Waals surface area contributed by atoms with E-state index in [1.54, 1.807) is 6.20 Å². The molecule has 15 heteroatoms. The molecule has 0 atom stereocenters. The van der Waals surface area contributed by atoms with Gasteiger partial charge in [0, 0.05) is 68.2 Å². The summed E-state index contributed by atoms with van der Waals surface area (Å²) in [5, 5.41) is 15.3. The number of aromatic nitrogens is 7. The average Bonchev–Trinajstić information content (AvgIpc) is 3.70. The van der Waals surface area contributed by atoms with Crippen LogP contribution in [0.2, 0.25) is 0 Å². The first-order chi connectivity index (χ1) is 21.8. The van der Waals surface area contributed by atoms with Gasteiger partial charge in [-0.05, 0) is 31.7 Å². The van der Waals surface area contributed by atoms with Crippen LogP contribution in [0.15, 0.2) is 37.1 Å². The quantitative estimate of drug-likeness (QED) is 0.310. The molecule has 2 aliphatic heterocycles. The summed E-state index contributed by atoms with van der Waals surface area (Å²) in [5.74, 6) is -1.21. The molecule has 4 aromatic rings. The molecule has 0 amide bonds. The van der Waals surface area contributed by atoms with E-state index in [-0.39, 0.29) is 30.3 Å². The Morgan fingerprint density at radius 3 is 2.67 bits per heavy atom. The average molecular weight is 623 g/mol. The van der Waals surface area contributed by atoms with E-state index in [9.17, 15) is 18.4 Å². The number of morpholine rings is 1. The molecule has 7 rings (SSSR count). The van der Waals surface area contributed by atoms with Gasteiger partial charge < -0.3 is 14.5 Å². The van der Waals surface area contributed by atoms with E-state index < -0.39 is 17.5 Å². The van der Waals surface area contributed by atoms with E-state index in [1.807, 2.05) is 28.0 Å². The molecular weight excluding hydrogens is 589 g/mol. The number of likely N-dealkylation sites (tertiary alicyclic amines) is 1. The topological polar surface area (TPSA) is 134 Å². The number of alkyl halides is 3. The normalized spacial score (nSPS) is 23.6. The van der Waals surface area contributed by atoms with Crippen LogP contribution < -0.4 is 4.74 Å². The Morgan fingerprint density at radius 2 is 1.91 bits per heavy atom. The van der Waals surface area contributed by atoms with Crippen LogP contribution in [0, 0.1) is 11.3 Å². The summed E-state index contributed by atoms with van der Waals surface area (Å²) >= 11 is 0. The van der Waals surface area contributed by atoms with Gasteiger partial charge in [0.1, 0.15) is 18.1 Å². The van der Waals surface area contributed by atoms with Crippen LogP contribution in [0.3, 0.4) is 0 Å². The highest BCUT2D eigenvalue weighted by molar-refractivity contribution is 5.90. The molecule has 2 saturated heterocycles. The van der Waals surface area contributed by atoms with E-state index in [2.05, 4.69) is 41.0 Å². The van der Waals surface area contributed by atoms with Crippen molar-refractivity contribution in [2.75, 3.05) is 39.4 Å². The minimum absolute atomic E-state index is 0.0363. The van der Waals surface area contributed by atoms with E-state index in [4.69, 9.17) is 9.47 Å². The van der Waals surface area contributed by atoms with Crippen LogP contribution in [0.5, 0.6) is 5.88 Å². The van der Waals surface area contributed by atoms with Crippen molar-refractivity contribution >= 4 is 11.0 Å². The van der Waals surface area contributed by atoms with Crippen LogP contribution in [-0.4, -0.2) is 96.0 Å². The second kappa shape index (κ2) is 12.0. The summed E-state index contributed by atoms with van der Waals surface area (Å²) in [7, 11) is 0. The zero-order valence-electron chi connectivity index (χ0n) is 24.6. The predicted octanol–water partition coefficient (Wildman–Crippen LogP) is 3.78. The van der Waals surface area contributed by atoms with Gasteiger partial charge >= 0.3 is 6.18 Å². The van der Waals surface area contributed by atoms with E-state index in [0.717, 1.165) is 48.2 Å². The molecule has 3 aliphatic rings. The van der Waals surface area contributed by atoms with E-state index >= 15 is 0 Å². The molecule has 0 bridgehead atoms. The van der Waals surface area contributed by atoms with Crippen molar-refractivity contribution in [3.05, 3.63) is 48.6 Å². The van der Waals surface area contributed by atoms with Gasteiger partial charge in [0.05, 0.1) is 48.8 Å². The summed E-state index contributed by atoms with van der Waals surface area (Å²) in [5.41, 5.74) is 2.30. The number of piperidine rings is 1. The van der Waals surface area contributed by atoms with Crippen molar-refractivity contribution in [1.29, 1.82) is 5.26 Å². The third kappa shape index (κ3) is 6.09. The molecule has 12 nitrogen and oxygen atoms in total. The second-order valence-electron chi connectivity index (χ2n) is 12.0. The van der Waals surface area contributed by atoms with Gasteiger partial charge in [-0.25, -0.2) is 15.0 Å². The monoisotopic (exact) mass is 622 g/mol. The molecule has 45 heavy (non-hydrogen) atoms. The minimum Gasteiger partial charge on any atom is -0.474 e. The lowest BCUT2D eigenvalue weighted by molar-refractivity contribution is -0.145. The zero-order valence-corrected chi connectivity index (χ0v) is 24.6. The van der Waals surface area contributed by atoms with Gasteiger partial charge in [-0.15, -0.1) is 0 Å². The number of hydrogen-bond acceptors (Lipinski definition) is 10. The fraction of sp³-hybridized carbons (Fsp3) is 0.533. The number of nitriles is 1. The van der Waals surface area contributed by atoms with Crippen LogP contribution in [0.1, 0.15) is 43.6 Å². The molecule has 3 fully saturated rings. The Morgan fingerprint density at radius 1 is 1.11 bits per heavy atom. The Hall–Kier alpha value is -4.13. The lowest BCUT2D eigenvalue weighted by Crippen LogP contribution is -2.58. The van der Waals surface area contributed by atoms with E-state index in [0.29, 0.717) is 45.6 Å². The Balaban J connectivity index is 0.981. The van der Waals surface area contributed by atoms with Crippen LogP contribution in [0.25, 0.3) is 22.3 Å². The maximum atomic E-state index is 13.6. The largest absolute Gasteiger partial charge is 0.474 e. The summed E-state index contributed by atoms with van der Waals surface area (Å²) in [6.07, 6.45) is 5.42. The van der Waals surface area contributed by atoms with Crippen molar-refractivity contribution < 1.29 is 22.6 Å². The van der Waals surface area contributed by atoms with Gasteiger partial charge in [0.15, 0.2) is 0 Å². The maximum absolute atomic E-state index is 13.6. The zero-order chi connectivity index (χ0) is 31.0. The number of nitrogens with zero attached hydrogens (tertiary/aromatic N) is 9. The summed E-state index contributed by atoms with van der Waals surface area (Å²) in [6.45, 7) is 4.12. The van der Waals surface area contributed by atoms with Gasteiger partial charge in [-0.3, -0.25) is 14.5 Å². The smallest absolute Gasteiger partial charge is 0.451 e. The predicted molar refractivity (Wildman–Crippen MR) is 155 cm³/mol. The first kappa shape index (κ1) is 29.6. The van der Waals surface area contributed by atoms with Crippen LogP contribution >= 0.6 is 0 Å². The third-order valence-electron chi connectivity index (χ3n) is 9.11. The fourth-order valence-electron chi connectivity index (χ4n) is 6.70. The SMILES string of the molecule is N#CC[C@]1(n2cc(-c3ncnc4[nH]ccc34)cn2)C[C@@H](N2CCC(Oc3cc(CN4CCOCC4)nc(C(F)(F)F)n3)CC2)C1.